The second kappa shape index (κ2) is 5.63. The highest BCUT2D eigenvalue weighted by molar-refractivity contribution is 5.31. The summed E-state index contributed by atoms with van der Waals surface area (Å²) < 4.78 is 13.1. The third kappa shape index (κ3) is 2.86. The molecule has 0 aliphatic heterocycles. The van der Waals surface area contributed by atoms with Gasteiger partial charge in [0.05, 0.1) is 0 Å². The maximum Gasteiger partial charge on any atom is 0.123 e. The first-order valence-electron chi connectivity index (χ1n) is 6.69. The summed E-state index contributed by atoms with van der Waals surface area (Å²) in [5, 5.41) is 3.45. The Balaban J connectivity index is 2.14. The summed E-state index contributed by atoms with van der Waals surface area (Å²) in [4.78, 5) is 0. The Bertz CT molecular complexity index is 375. The largest absolute Gasteiger partial charge is 0.317 e. The Morgan fingerprint density at radius 1 is 1.35 bits per heavy atom. The standard InChI is InChI=1S/C15H22FN/c1-3-17-10-12-5-4-6-15(12)14-8-7-13(16)9-11(14)2/h7-9,12,15,17H,3-6,10H2,1-2H3. The smallest absolute Gasteiger partial charge is 0.123 e. The van der Waals surface area contributed by atoms with Crippen molar-refractivity contribution in [1.82, 2.24) is 5.32 Å². The topological polar surface area (TPSA) is 12.0 Å². The highest BCUT2D eigenvalue weighted by Crippen LogP contribution is 2.40. The Hall–Kier alpha value is -0.890. The Morgan fingerprint density at radius 2 is 2.18 bits per heavy atom. The van der Waals surface area contributed by atoms with Crippen molar-refractivity contribution >= 4 is 0 Å². The van der Waals surface area contributed by atoms with E-state index < -0.39 is 0 Å². The molecular formula is C15H22FN. The lowest BCUT2D eigenvalue weighted by molar-refractivity contribution is 0.449. The third-order valence-corrected chi connectivity index (χ3v) is 3.95. The highest BCUT2D eigenvalue weighted by atomic mass is 19.1. The van der Waals surface area contributed by atoms with Crippen LogP contribution in [-0.4, -0.2) is 13.1 Å². The molecule has 1 aromatic rings. The average Bonchev–Trinajstić information content (AvgIpc) is 2.74. The molecule has 1 fully saturated rings. The molecule has 1 aliphatic carbocycles. The molecule has 0 radical (unpaired) electrons. The first-order chi connectivity index (χ1) is 8.22. The van der Waals surface area contributed by atoms with Crippen molar-refractivity contribution in [2.24, 2.45) is 5.92 Å². The minimum Gasteiger partial charge on any atom is -0.317 e. The van der Waals surface area contributed by atoms with E-state index in [1.807, 2.05) is 13.0 Å². The van der Waals surface area contributed by atoms with Crippen LogP contribution in [0.2, 0.25) is 0 Å². The van der Waals surface area contributed by atoms with Gasteiger partial charge in [-0.15, -0.1) is 0 Å². The minimum absolute atomic E-state index is 0.118. The van der Waals surface area contributed by atoms with Crippen molar-refractivity contribution in [3.05, 3.63) is 35.1 Å². The van der Waals surface area contributed by atoms with Gasteiger partial charge in [0.1, 0.15) is 5.82 Å². The van der Waals surface area contributed by atoms with Crippen LogP contribution in [0.1, 0.15) is 43.2 Å². The molecular weight excluding hydrogens is 213 g/mol. The molecule has 0 aromatic heterocycles. The van der Waals surface area contributed by atoms with Gasteiger partial charge in [0.2, 0.25) is 0 Å². The lowest BCUT2D eigenvalue weighted by atomic mass is 9.86. The van der Waals surface area contributed by atoms with Crippen molar-refractivity contribution in [2.45, 2.75) is 39.0 Å². The number of aryl methyl sites for hydroxylation is 1. The van der Waals surface area contributed by atoms with Gasteiger partial charge in [-0.2, -0.15) is 0 Å². The molecule has 1 saturated carbocycles. The predicted octanol–water partition coefficient (Wildman–Crippen LogP) is 3.63. The van der Waals surface area contributed by atoms with Crippen molar-refractivity contribution in [3.8, 4) is 0 Å². The fourth-order valence-electron chi connectivity index (χ4n) is 3.08. The van der Waals surface area contributed by atoms with Crippen LogP contribution in [0.4, 0.5) is 4.39 Å². The molecule has 2 rings (SSSR count). The van der Waals surface area contributed by atoms with Gasteiger partial charge in [-0.3, -0.25) is 0 Å². The van der Waals surface area contributed by atoms with Crippen molar-refractivity contribution in [3.63, 3.8) is 0 Å². The fraction of sp³-hybridized carbons (Fsp3) is 0.600. The van der Waals surface area contributed by atoms with Crippen molar-refractivity contribution < 1.29 is 4.39 Å². The summed E-state index contributed by atoms with van der Waals surface area (Å²) in [7, 11) is 0. The summed E-state index contributed by atoms with van der Waals surface area (Å²) in [6.45, 7) is 6.30. The van der Waals surface area contributed by atoms with E-state index in [1.165, 1.54) is 24.8 Å². The maximum absolute atomic E-state index is 13.1. The van der Waals surface area contributed by atoms with Gasteiger partial charge in [0.15, 0.2) is 0 Å². The zero-order chi connectivity index (χ0) is 12.3. The van der Waals surface area contributed by atoms with E-state index in [-0.39, 0.29) is 5.82 Å². The molecule has 0 heterocycles. The van der Waals surface area contributed by atoms with Crippen LogP contribution in [0.5, 0.6) is 0 Å². The number of hydrogen-bond donors (Lipinski definition) is 1. The van der Waals surface area contributed by atoms with E-state index in [2.05, 4.69) is 12.2 Å². The molecule has 17 heavy (non-hydrogen) atoms. The molecule has 2 atom stereocenters. The summed E-state index contributed by atoms with van der Waals surface area (Å²) in [6, 6.07) is 5.25. The quantitative estimate of drug-likeness (QED) is 0.840. The Morgan fingerprint density at radius 3 is 2.88 bits per heavy atom. The van der Waals surface area contributed by atoms with E-state index in [9.17, 15) is 4.39 Å². The van der Waals surface area contributed by atoms with E-state index >= 15 is 0 Å². The summed E-state index contributed by atoms with van der Waals surface area (Å²) in [5.41, 5.74) is 2.46. The van der Waals surface area contributed by atoms with Gasteiger partial charge < -0.3 is 5.32 Å². The molecule has 0 saturated heterocycles. The van der Waals surface area contributed by atoms with Crippen molar-refractivity contribution in [2.75, 3.05) is 13.1 Å². The lowest BCUT2D eigenvalue weighted by Gasteiger charge is -2.22. The van der Waals surface area contributed by atoms with Gasteiger partial charge in [-0.1, -0.05) is 19.4 Å². The van der Waals surface area contributed by atoms with E-state index in [4.69, 9.17) is 0 Å². The zero-order valence-corrected chi connectivity index (χ0v) is 10.8. The molecule has 1 nitrogen and oxygen atoms in total. The first kappa shape index (κ1) is 12.6. The van der Waals surface area contributed by atoms with Crippen LogP contribution in [0.15, 0.2) is 18.2 Å². The van der Waals surface area contributed by atoms with Crippen molar-refractivity contribution in [1.29, 1.82) is 0 Å². The molecule has 0 bridgehead atoms. The molecule has 1 N–H and O–H groups in total. The van der Waals surface area contributed by atoms with E-state index in [1.54, 1.807) is 12.1 Å². The molecule has 0 spiro atoms. The minimum atomic E-state index is -0.118. The second-order valence-corrected chi connectivity index (χ2v) is 5.11. The average molecular weight is 235 g/mol. The van der Waals surface area contributed by atoms with Gasteiger partial charge in [-0.05, 0) is 68.0 Å². The SMILES string of the molecule is CCNCC1CCCC1c1ccc(F)cc1C. The van der Waals surface area contributed by atoms with Gasteiger partial charge >= 0.3 is 0 Å². The maximum atomic E-state index is 13.1. The second-order valence-electron chi connectivity index (χ2n) is 5.11. The zero-order valence-electron chi connectivity index (χ0n) is 10.8. The van der Waals surface area contributed by atoms with Crippen LogP contribution >= 0.6 is 0 Å². The van der Waals surface area contributed by atoms with Gasteiger partial charge in [-0.25, -0.2) is 4.39 Å². The van der Waals surface area contributed by atoms with E-state index in [0.29, 0.717) is 5.92 Å². The van der Waals surface area contributed by atoms with Crippen LogP contribution in [0, 0.1) is 18.7 Å². The molecule has 0 amide bonds. The molecule has 2 unspecified atom stereocenters. The summed E-state index contributed by atoms with van der Waals surface area (Å²) in [6.07, 6.45) is 3.86. The number of hydrogen-bond acceptors (Lipinski definition) is 1. The lowest BCUT2D eigenvalue weighted by Crippen LogP contribution is -2.24. The number of rotatable bonds is 4. The van der Waals surface area contributed by atoms with Crippen LogP contribution in [0.3, 0.4) is 0 Å². The number of benzene rings is 1. The van der Waals surface area contributed by atoms with Gasteiger partial charge in [0.25, 0.3) is 0 Å². The molecule has 2 heteroatoms. The third-order valence-electron chi connectivity index (χ3n) is 3.95. The highest BCUT2D eigenvalue weighted by Gasteiger charge is 2.28. The number of halogens is 1. The van der Waals surface area contributed by atoms with E-state index in [0.717, 1.165) is 24.6 Å². The normalized spacial score (nSPS) is 24.2. The predicted molar refractivity (Wildman–Crippen MR) is 69.8 cm³/mol. The Kier molecular flexibility index (Phi) is 4.16. The summed E-state index contributed by atoms with van der Waals surface area (Å²) >= 11 is 0. The fourth-order valence-corrected chi connectivity index (χ4v) is 3.08. The monoisotopic (exact) mass is 235 g/mol. The molecule has 94 valence electrons. The summed E-state index contributed by atoms with van der Waals surface area (Å²) in [5.74, 6) is 1.22. The van der Waals surface area contributed by atoms with Crippen LogP contribution in [-0.2, 0) is 0 Å². The number of nitrogens with one attached hydrogen (secondary N) is 1. The van der Waals surface area contributed by atoms with Crippen LogP contribution in [0.25, 0.3) is 0 Å². The molecule has 1 aromatic carbocycles. The Labute approximate surface area is 103 Å². The first-order valence-corrected chi connectivity index (χ1v) is 6.69. The van der Waals surface area contributed by atoms with Crippen LogP contribution < -0.4 is 5.32 Å². The van der Waals surface area contributed by atoms with Gasteiger partial charge in [0, 0.05) is 0 Å². The molecule has 1 aliphatic rings.